The van der Waals surface area contributed by atoms with E-state index in [1.165, 1.54) is 25.5 Å². The van der Waals surface area contributed by atoms with E-state index in [-0.39, 0.29) is 17.2 Å². The van der Waals surface area contributed by atoms with Crippen molar-refractivity contribution >= 4 is 35.1 Å². The number of amides is 1. The Hall–Kier alpha value is -4.51. The summed E-state index contributed by atoms with van der Waals surface area (Å²) in [7, 11) is 1.37. The van der Waals surface area contributed by atoms with Gasteiger partial charge >= 0.3 is 5.69 Å². The molecule has 0 atom stereocenters. The highest BCUT2D eigenvalue weighted by molar-refractivity contribution is 6.30. The van der Waals surface area contributed by atoms with Crippen molar-refractivity contribution in [3.63, 3.8) is 0 Å². The van der Waals surface area contributed by atoms with Crippen LogP contribution in [0.3, 0.4) is 0 Å². The Balaban J connectivity index is 1.77. The minimum atomic E-state index is -0.779. The molecule has 0 spiro atoms. The molecule has 33 heavy (non-hydrogen) atoms. The molecular formula is C21H15ClN4O7. The number of nitro benzene ring substituents is 2. The van der Waals surface area contributed by atoms with Crippen LogP contribution >= 0.6 is 11.6 Å². The molecule has 0 saturated carbocycles. The first-order valence-corrected chi connectivity index (χ1v) is 9.54. The minimum absolute atomic E-state index is 0.136. The number of halogens is 1. The molecule has 12 heteroatoms. The lowest BCUT2D eigenvalue weighted by Crippen LogP contribution is -2.17. The van der Waals surface area contributed by atoms with Gasteiger partial charge in [0.15, 0.2) is 11.5 Å². The number of hydrazone groups is 1. The van der Waals surface area contributed by atoms with Crippen molar-refractivity contribution in [3.8, 4) is 17.2 Å². The van der Waals surface area contributed by atoms with E-state index >= 15 is 0 Å². The standard InChI is InChI=1S/C21H15ClN4O7/c1-32-20-10-13(12-23-24-21(27)14-3-5-15(22)6-4-14)2-8-19(20)33-18-9-7-16(25(28)29)11-17(18)26(30)31/h2-12H,1H3,(H,24,27)/b23-12-. The lowest BCUT2D eigenvalue weighted by molar-refractivity contribution is -0.394. The molecule has 1 N–H and O–H groups in total. The number of benzene rings is 3. The highest BCUT2D eigenvalue weighted by Crippen LogP contribution is 2.38. The molecule has 0 saturated heterocycles. The zero-order valence-electron chi connectivity index (χ0n) is 16.9. The summed E-state index contributed by atoms with van der Waals surface area (Å²) in [5, 5.41) is 26.6. The lowest BCUT2D eigenvalue weighted by Gasteiger charge is -2.11. The SMILES string of the molecule is COc1cc(/C=N\NC(=O)c2ccc(Cl)cc2)ccc1Oc1ccc([N+](=O)[O-])cc1[N+](=O)[O-]. The van der Waals surface area contributed by atoms with Gasteiger partial charge < -0.3 is 9.47 Å². The molecule has 1 amide bonds. The Morgan fingerprint density at radius 3 is 2.30 bits per heavy atom. The van der Waals surface area contributed by atoms with E-state index in [1.807, 2.05) is 0 Å². The molecule has 0 heterocycles. The second-order valence-corrected chi connectivity index (χ2v) is 6.82. The van der Waals surface area contributed by atoms with Crippen LogP contribution < -0.4 is 14.9 Å². The number of methoxy groups -OCH3 is 1. The first-order chi connectivity index (χ1) is 15.8. The average Bonchev–Trinajstić information content (AvgIpc) is 2.80. The number of rotatable bonds is 8. The summed E-state index contributed by atoms with van der Waals surface area (Å²) in [6.45, 7) is 0. The molecule has 0 aliphatic heterocycles. The van der Waals surface area contributed by atoms with Crippen LogP contribution in [-0.4, -0.2) is 29.1 Å². The van der Waals surface area contributed by atoms with Crippen LogP contribution in [0.1, 0.15) is 15.9 Å². The van der Waals surface area contributed by atoms with E-state index in [0.29, 0.717) is 16.1 Å². The largest absolute Gasteiger partial charge is 0.493 e. The maximum absolute atomic E-state index is 12.1. The van der Waals surface area contributed by atoms with Gasteiger partial charge in [-0.25, -0.2) is 5.43 Å². The number of ether oxygens (including phenoxy) is 2. The van der Waals surface area contributed by atoms with E-state index in [1.54, 1.807) is 30.3 Å². The molecule has 0 aliphatic carbocycles. The van der Waals surface area contributed by atoms with Gasteiger partial charge in [0.25, 0.3) is 11.6 Å². The van der Waals surface area contributed by atoms with Gasteiger partial charge in [-0.2, -0.15) is 5.10 Å². The van der Waals surface area contributed by atoms with Gasteiger partial charge in [0.1, 0.15) is 0 Å². The Kier molecular flexibility index (Phi) is 7.16. The smallest absolute Gasteiger partial charge is 0.318 e. The molecule has 0 fully saturated rings. The Morgan fingerprint density at radius 1 is 0.970 bits per heavy atom. The number of non-ortho nitro benzene ring substituents is 1. The van der Waals surface area contributed by atoms with Crippen molar-refractivity contribution in [1.82, 2.24) is 5.43 Å². The van der Waals surface area contributed by atoms with Gasteiger partial charge in [-0.1, -0.05) is 11.6 Å². The fourth-order valence-electron chi connectivity index (χ4n) is 2.65. The van der Waals surface area contributed by atoms with Crippen LogP contribution in [0.2, 0.25) is 5.02 Å². The first-order valence-electron chi connectivity index (χ1n) is 9.16. The maximum atomic E-state index is 12.1. The van der Waals surface area contributed by atoms with Gasteiger partial charge in [0, 0.05) is 16.7 Å². The molecule has 3 aromatic rings. The average molecular weight is 471 g/mol. The molecule has 0 aliphatic rings. The molecule has 3 rings (SSSR count). The van der Waals surface area contributed by atoms with Gasteiger partial charge in [-0.05, 0) is 54.1 Å². The Morgan fingerprint density at radius 2 is 1.67 bits per heavy atom. The zero-order chi connectivity index (χ0) is 24.0. The normalized spacial score (nSPS) is 10.6. The van der Waals surface area contributed by atoms with Crippen molar-refractivity contribution in [3.05, 3.63) is 97.0 Å². The highest BCUT2D eigenvalue weighted by atomic mass is 35.5. The topological polar surface area (TPSA) is 146 Å². The van der Waals surface area contributed by atoms with Crippen LogP contribution in [-0.2, 0) is 0 Å². The number of nitrogens with one attached hydrogen (secondary N) is 1. The van der Waals surface area contributed by atoms with Gasteiger partial charge in [0.05, 0.1) is 29.2 Å². The molecule has 11 nitrogen and oxygen atoms in total. The zero-order valence-corrected chi connectivity index (χ0v) is 17.7. The van der Waals surface area contributed by atoms with Crippen molar-refractivity contribution in [1.29, 1.82) is 0 Å². The number of nitrogens with zero attached hydrogens (tertiary/aromatic N) is 3. The Labute approximate surface area is 191 Å². The van der Waals surface area contributed by atoms with Gasteiger partial charge in [0.2, 0.25) is 5.75 Å². The van der Waals surface area contributed by atoms with Crippen LogP contribution in [0.15, 0.2) is 65.8 Å². The van der Waals surface area contributed by atoms with Crippen molar-refractivity contribution in [2.45, 2.75) is 0 Å². The fourth-order valence-corrected chi connectivity index (χ4v) is 2.77. The molecule has 3 aromatic carbocycles. The molecule has 0 bridgehead atoms. The Bertz CT molecular complexity index is 1250. The number of carbonyl (C=O) groups is 1. The summed E-state index contributed by atoms with van der Waals surface area (Å²) < 4.78 is 10.8. The highest BCUT2D eigenvalue weighted by Gasteiger charge is 2.22. The second-order valence-electron chi connectivity index (χ2n) is 6.38. The fraction of sp³-hybridized carbons (Fsp3) is 0.0476. The second kappa shape index (κ2) is 10.2. The first kappa shape index (κ1) is 23.2. The van der Waals surface area contributed by atoms with E-state index in [9.17, 15) is 25.0 Å². The number of carbonyl (C=O) groups excluding carboxylic acids is 1. The maximum Gasteiger partial charge on any atom is 0.318 e. The van der Waals surface area contributed by atoms with Gasteiger partial charge in [-0.3, -0.25) is 25.0 Å². The van der Waals surface area contributed by atoms with Crippen molar-refractivity contribution in [2.75, 3.05) is 7.11 Å². The van der Waals surface area contributed by atoms with Gasteiger partial charge in [-0.15, -0.1) is 0 Å². The third kappa shape index (κ3) is 5.80. The molecule has 0 radical (unpaired) electrons. The number of hydrogen-bond donors (Lipinski definition) is 1. The van der Waals surface area contributed by atoms with Crippen molar-refractivity contribution < 1.29 is 24.1 Å². The summed E-state index contributed by atoms with van der Waals surface area (Å²) in [6.07, 6.45) is 1.37. The number of nitro groups is 2. The summed E-state index contributed by atoms with van der Waals surface area (Å²) >= 11 is 5.79. The predicted molar refractivity (Wildman–Crippen MR) is 119 cm³/mol. The van der Waals surface area contributed by atoms with E-state index < -0.39 is 27.1 Å². The van der Waals surface area contributed by atoms with E-state index in [0.717, 1.165) is 18.2 Å². The van der Waals surface area contributed by atoms with Crippen LogP contribution in [0, 0.1) is 20.2 Å². The third-order valence-corrected chi connectivity index (χ3v) is 4.50. The molecule has 168 valence electrons. The molecule has 0 aromatic heterocycles. The predicted octanol–water partition coefficient (Wildman–Crippen LogP) is 4.72. The molecule has 0 unspecified atom stereocenters. The van der Waals surface area contributed by atoms with Crippen LogP contribution in [0.25, 0.3) is 0 Å². The number of hydrogen-bond acceptors (Lipinski definition) is 8. The monoisotopic (exact) mass is 470 g/mol. The summed E-state index contributed by atoms with van der Waals surface area (Å²) in [5.74, 6) is -0.270. The quantitative estimate of drug-likeness (QED) is 0.284. The lowest BCUT2D eigenvalue weighted by atomic mass is 10.2. The summed E-state index contributed by atoms with van der Waals surface area (Å²) in [6, 6.07) is 13.9. The third-order valence-electron chi connectivity index (χ3n) is 4.24. The summed E-state index contributed by atoms with van der Waals surface area (Å²) in [5.41, 5.74) is 2.29. The minimum Gasteiger partial charge on any atom is -0.493 e. The van der Waals surface area contributed by atoms with E-state index in [4.69, 9.17) is 21.1 Å². The van der Waals surface area contributed by atoms with Crippen molar-refractivity contribution in [2.24, 2.45) is 5.10 Å². The van der Waals surface area contributed by atoms with Crippen LogP contribution in [0.5, 0.6) is 17.2 Å². The van der Waals surface area contributed by atoms with E-state index in [2.05, 4.69) is 10.5 Å². The molecular weight excluding hydrogens is 456 g/mol. The summed E-state index contributed by atoms with van der Waals surface area (Å²) in [4.78, 5) is 32.7. The van der Waals surface area contributed by atoms with Crippen LogP contribution in [0.4, 0.5) is 11.4 Å².